The number of hydrogen-bond donors (Lipinski definition) is 0. The highest BCUT2D eigenvalue weighted by molar-refractivity contribution is 6.13. The molecule has 3 rings (SSSR count). The Balaban J connectivity index is 1.89. The van der Waals surface area contributed by atoms with E-state index in [2.05, 4.69) is 9.73 Å². The van der Waals surface area contributed by atoms with Gasteiger partial charge in [-0.25, -0.2) is 9.79 Å². The Labute approximate surface area is 177 Å². The van der Waals surface area contributed by atoms with Gasteiger partial charge in [0.2, 0.25) is 5.90 Å². The third-order valence-electron chi connectivity index (χ3n) is 4.12. The maximum atomic E-state index is 12.5. The summed E-state index contributed by atoms with van der Waals surface area (Å²) in [5, 5.41) is 0. The summed E-state index contributed by atoms with van der Waals surface area (Å²) in [5.74, 6) is 0.539. The number of nitrogens with zero attached hydrogens (tertiary/aromatic N) is 1. The summed E-state index contributed by atoms with van der Waals surface area (Å²) in [6, 6.07) is 9.39. The fourth-order valence-electron chi connectivity index (χ4n) is 2.84. The fraction of sp³-hybridized carbons (Fsp3) is 0.273. The van der Waals surface area contributed by atoms with E-state index in [1.165, 1.54) is 31.4 Å². The standard InChI is InChI=1S/C22H21F2NO6/c1-4-28-16-9-7-14(12-19(16)29-5-2)20-25-15(21(26)31-20)10-13-6-8-17(30-22(23)24)18(11-13)27-3/h6-12,22H,4-5H2,1-3H3/b15-10+. The Morgan fingerprint density at radius 2 is 1.71 bits per heavy atom. The molecule has 164 valence electrons. The van der Waals surface area contributed by atoms with Gasteiger partial charge >= 0.3 is 12.6 Å². The van der Waals surface area contributed by atoms with Gasteiger partial charge in [0.15, 0.2) is 28.7 Å². The van der Waals surface area contributed by atoms with Crippen LogP contribution in [0.5, 0.6) is 23.0 Å². The van der Waals surface area contributed by atoms with Crippen LogP contribution in [0.3, 0.4) is 0 Å². The Kier molecular flexibility index (Phi) is 7.07. The number of carbonyl (C=O) groups excluding carboxylic acids is 1. The average Bonchev–Trinajstić information content (AvgIpc) is 3.10. The summed E-state index contributed by atoms with van der Waals surface area (Å²) in [6.07, 6.45) is 1.46. The molecule has 2 aromatic rings. The van der Waals surface area contributed by atoms with Gasteiger partial charge in [0.1, 0.15) is 0 Å². The van der Waals surface area contributed by atoms with Gasteiger partial charge < -0.3 is 23.7 Å². The zero-order valence-electron chi connectivity index (χ0n) is 17.2. The van der Waals surface area contributed by atoms with E-state index >= 15 is 0 Å². The van der Waals surface area contributed by atoms with Crippen LogP contribution in [0.4, 0.5) is 8.78 Å². The minimum absolute atomic E-state index is 0.0476. The van der Waals surface area contributed by atoms with Gasteiger partial charge in [-0.1, -0.05) is 6.07 Å². The molecule has 0 radical (unpaired) electrons. The second-order valence-electron chi connectivity index (χ2n) is 6.15. The van der Waals surface area contributed by atoms with E-state index in [4.69, 9.17) is 18.9 Å². The van der Waals surface area contributed by atoms with Crippen LogP contribution in [0.15, 0.2) is 47.1 Å². The van der Waals surface area contributed by atoms with Crippen molar-refractivity contribution in [3.8, 4) is 23.0 Å². The second-order valence-corrected chi connectivity index (χ2v) is 6.15. The van der Waals surface area contributed by atoms with Crippen molar-refractivity contribution in [1.82, 2.24) is 0 Å². The molecule has 0 amide bonds. The molecule has 0 N–H and O–H groups in total. The number of esters is 1. The van der Waals surface area contributed by atoms with E-state index in [1.54, 1.807) is 18.2 Å². The monoisotopic (exact) mass is 433 g/mol. The van der Waals surface area contributed by atoms with Gasteiger partial charge in [0.05, 0.1) is 20.3 Å². The molecule has 0 bridgehead atoms. The third kappa shape index (κ3) is 5.30. The fourth-order valence-corrected chi connectivity index (χ4v) is 2.84. The Bertz CT molecular complexity index is 1020. The smallest absolute Gasteiger partial charge is 0.387 e. The number of aliphatic imine (C=N–C) groups is 1. The summed E-state index contributed by atoms with van der Waals surface area (Å²) in [6.45, 7) is 1.65. The molecule has 0 atom stereocenters. The zero-order chi connectivity index (χ0) is 22.4. The van der Waals surface area contributed by atoms with E-state index in [-0.39, 0.29) is 23.1 Å². The lowest BCUT2D eigenvalue weighted by atomic mass is 10.1. The SMILES string of the molecule is CCOc1ccc(C2=N/C(=C/c3ccc(OC(F)F)c(OC)c3)C(=O)O2)cc1OCC. The number of alkyl halides is 2. The molecule has 0 fully saturated rings. The van der Waals surface area contributed by atoms with Crippen molar-refractivity contribution < 1.29 is 37.3 Å². The van der Waals surface area contributed by atoms with Gasteiger partial charge in [-0.2, -0.15) is 8.78 Å². The molecule has 9 heteroatoms. The summed E-state index contributed by atoms with van der Waals surface area (Å²) in [4.78, 5) is 16.5. The van der Waals surface area contributed by atoms with Gasteiger partial charge in [-0.05, 0) is 55.8 Å². The quantitative estimate of drug-likeness (QED) is 0.430. The number of cyclic esters (lactones) is 1. The van der Waals surface area contributed by atoms with Crippen LogP contribution in [0, 0.1) is 0 Å². The normalized spacial score (nSPS) is 14.5. The number of rotatable bonds is 9. The van der Waals surface area contributed by atoms with Crippen molar-refractivity contribution in [3.05, 3.63) is 53.2 Å². The number of ether oxygens (including phenoxy) is 5. The van der Waals surface area contributed by atoms with Crippen molar-refractivity contribution >= 4 is 17.9 Å². The van der Waals surface area contributed by atoms with Crippen molar-refractivity contribution in [3.63, 3.8) is 0 Å². The highest BCUT2D eigenvalue weighted by Crippen LogP contribution is 2.32. The molecule has 1 aliphatic heterocycles. The molecule has 0 saturated carbocycles. The molecule has 0 aliphatic carbocycles. The highest BCUT2D eigenvalue weighted by atomic mass is 19.3. The maximum absolute atomic E-state index is 12.5. The molecule has 2 aromatic carbocycles. The first-order valence-corrected chi connectivity index (χ1v) is 9.50. The molecule has 1 aliphatic rings. The van der Waals surface area contributed by atoms with E-state index in [0.717, 1.165) is 0 Å². The molecule has 7 nitrogen and oxygen atoms in total. The van der Waals surface area contributed by atoms with Crippen molar-refractivity contribution in [1.29, 1.82) is 0 Å². The molecule has 0 aromatic heterocycles. The molecule has 0 saturated heterocycles. The van der Waals surface area contributed by atoms with Crippen molar-refractivity contribution in [2.45, 2.75) is 20.5 Å². The number of carbonyl (C=O) groups is 1. The summed E-state index contributed by atoms with van der Waals surface area (Å²) < 4.78 is 50.8. The third-order valence-corrected chi connectivity index (χ3v) is 4.12. The topological polar surface area (TPSA) is 75.6 Å². The highest BCUT2D eigenvalue weighted by Gasteiger charge is 2.25. The Hall–Kier alpha value is -3.62. The number of benzene rings is 2. The average molecular weight is 433 g/mol. The van der Waals surface area contributed by atoms with Crippen molar-refractivity contribution in [2.75, 3.05) is 20.3 Å². The molecular formula is C22H21F2NO6. The summed E-state index contributed by atoms with van der Waals surface area (Å²) in [7, 11) is 1.33. The minimum Gasteiger partial charge on any atom is -0.493 e. The van der Waals surface area contributed by atoms with E-state index in [0.29, 0.717) is 35.8 Å². The van der Waals surface area contributed by atoms with Crippen LogP contribution in [-0.2, 0) is 9.53 Å². The lowest BCUT2D eigenvalue weighted by Gasteiger charge is -2.11. The molecule has 1 heterocycles. The Morgan fingerprint density at radius 1 is 1.00 bits per heavy atom. The molecule has 0 unspecified atom stereocenters. The molecule has 31 heavy (non-hydrogen) atoms. The first-order chi connectivity index (χ1) is 14.9. The van der Waals surface area contributed by atoms with Gasteiger partial charge in [-0.15, -0.1) is 0 Å². The lowest BCUT2D eigenvalue weighted by molar-refractivity contribution is -0.129. The second kappa shape index (κ2) is 9.92. The molecule has 0 spiro atoms. The van der Waals surface area contributed by atoms with Gasteiger partial charge in [-0.3, -0.25) is 0 Å². The van der Waals surface area contributed by atoms with Gasteiger partial charge in [0.25, 0.3) is 0 Å². The summed E-state index contributed by atoms with van der Waals surface area (Å²) in [5.41, 5.74) is 1.09. The number of methoxy groups -OCH3 is 1. The number of hydrogen-bond acceptors (Lipinski definition) is 7. The van der Waals surface area contributed by atoms with Crippen LogP contribution >= 0.6 is 0 Å². The lowest BCUT2D eigenvalue weighted by Crippen LogP contribution is -2.06. The molecular weight excluding hydrogens is 412 g/mol. The first-order valence-electron chi connectivity index (χ1n) is 9.50. The van der Waals surface area contributed by atoms with E-state index in [1.807, 2.05) is 13.8 Å². The largest absolute Gasteiger partial charge is 0.493 e. The van der Waals surface area contributed by atoms with Crippen LogP contribution in [0.25, 0.3) is 6.08 Å². The van der Waals surface area contributed by atoms with E-state index < -0.39 is 12.6 Å². The van der Waals surface area contributed by atoms with Crippen molar-refractivity contribution in [2.24, 2.45) is 4.99 Å². The predicted molar refractivity (Wildman–Crippen MR) is 109 cm³/mol. The Morgan fingerprint density at radius 3 is 2.39 bits per heavy atom. The van der Waals surface area contributed by atoms with Crippen LogP contribution in [0.1, 0.15) is 25.0 Å². The summed E-state index contributed by atoms with van der Waals surface area (Å²) >= 11 is 0. The van der Waals surface area contributed by atoms with Crippen LogP contribution in [-0.4, -0.2) is 38.8 Å². The zero-order valence-corrected chi connectivity index (χ0v) is 17.2. The first kappa shape index (κ1) is 22.1. The van der Waals surface area contributed by atoms with Crippen LogP contribution in [0.2, 0.25) is 0 Å². The minimum atomic E-state index is -2.98. The van der Waals surface area contributed by atoms with Crippen LogP contribution < -0.4 is 18.9 Å². The van der Waals surface area contributed by atoms with Gasteiger partial charge in [0, 0.05) is 5.56 Å². The maximum Gasteiger partial charge on any atom is 0.387 e. The number of halogens is 2. The van der Waals surface area contributed by atoms with E-state index in [9.17, 15) is 13.6 Å². The predicted octanol–water partition coefficient (Wildman–Crippen LogP) is 4.44.